The summed E-state index contributed by atoms with van der Waals surface area (Å²) in [5.41, 5.74) is -0.361. The zero-order valence-electron chi connectivity index (χ0n) is 8.88. The first-order valence-electron chi connectivity index (χ1n) is 4.72. The van der Waals surface area contributed by atoms with Gasteiger partial charge in [0.25, 0.3) is 12.0 Å². The van der Waals surface area contributed by atoms with Gasteiger partial charge < -0.3 is 5.32 Å². The molecular formula is C9H12ClF2N3O. The van der Waals surface area contributed by atoms with Gasteiger partial charge in [-0.1, -0.05) is 11.6 Å². The smallest absolute Gasteiger partial charge is 0.287 e. The molecule has 0 atom stereocenters. The number of nitrogens with zero attached hydrogens (tertiary/aromatic N) is 2. The molecule has 16 heavy (non-hydrogen) atoms. The second kappa shape index (κ2) is 5.25. The molecule has 0 amide bonds. The van der Waals surface area contributed by atoms with Crippen molar-refractivity contribution in [2.45, 2.75) is 26.3 Å². The van der Waals surface area contributed by atoms with Crippen molar-refractivity contribution >= 4 is 17.3 Å². The molecule has 1 aromatic heterocycles. The molecule has 0 saturated carbocycles. The summed E-state index contributed by atoms with van der Waals surface area (Å²) in [4.78, 5) is 11.6. The minimum Gasteiger partial charge on any atom is -0.377 e. The predicted molar refractivity (Wildman–Crippen MR) is 58.4 cm³/mol. The maximum absolute atomic E-state index is 12.0. The third kappa shape index (κ3) is 2.91. The molecule has 0 aliphatic rings. The first-order valence-corrected chi connectivity index (χ1v) is 5.10. The highest BCUT2D eigenvalue weighted by molar-refractivity contribution is 6.32. The van der Waals surface area contributed by atoms with Crippen LogP contribution in [-0.4, -0.2) is 22.8 Å². The van der Waals surface area contributed by atoms with Gasteiger partial charge in [0.05, 0.1) is 24.5 Å². The van der Waals surface area contributed by atoms with Crippen LogP contribution in [0.25, 0.3) is 0 Å². The van der Waals surface area contributed by atoms with E-state index in [1.54, 1.807) is 13.8 Å². The molecule has 0 fully saturated rings. The largest absolute Gasteiger partial charge is 0.377 e. The van der Waals surface area contributed by atoms with Gasteiger partial charge in [0, 0.05) is 0 Å². The molecule has 0 aromatic carbocycles. The number of aromatic nitrogens is 2. The Balaban J connectivity index is 2.98. The van der Waals surface area contributed by atoms with Crippen molar-refractivity contribution in [3.63, 3.8) is 0 Å². The second-order valence-corrected chi connectivity index (χ2v) is 3.87. The molecule has 0 radical (unpaired) electrons. The van der Waals surface area contributed by atoms with Gasteiger partial charge in [-0.25, -0.2) is 13.5 Å². The number of nitrogens with one attached hydrogen (secondary N) is 1. The highest BCUT2D eigenvalue weighted by Gasteiger charge is 2.12. The second-order valence-electron chi connectivity index (χ2n) is 3.49. The van der Waals surface area contributed by atoms with Crippen molar-refractivity contribution in [1.82, 2.24) is 9.78 Å². The molecule has 1 heterocycles. The monoisotopic (exact) mass is 251 g/mol. The first kappa shape index (κ1) is 12.9. The predicted octanol–water partition coefficient (Wildman–Crippen LogP) is 2.15. The lowest BCUT2D eigenvalue weighted by Crippen LogP contribution is -2.26. The highest BCUT2D eigenvalue weighted by Crippen LogP contribution is 2.16. The fourth-order valence-corrected chi connectivity index (χ4v) is 1.33. The van der Waals surface area contributed by atoms with E-state index in [9.17, 15) is 13.6 Å². The van der Waals surface area contributed by atoms with Gasteiger partial charge in [-0.2, -0.15) is 5.10 Å². The molecule has 0 saturated heterocycles. The number of rotatable bonds is 4. The molecule has 0 aliphatic heterocycles. The lowest BCUT2D eigenvalue weighted by molar-refractivity contribution is 0.163. The van der Waals surface area contributed by atoms with Crippen molar-refractivity contribution in [3.05, 3.63) is 21.6 Å². The summed E-state index contributed by atoms with van der Waals surface area (Å²) < 4.78 is 25.1. The van der Waals surface area contributed by atoms with Crippen molar-refractivity contribution in [1.29, 1.82) is 0 Å². The van der Waals surface area contributed by atoms with E-state index in [0.29, 0.717) is 0 Å². The molecule has 90 valence electrons. The van der Waals surface area contributed by atoms with Gasteiger partial charge in [-0.3, -0.25) is 4.79 Å². The van der Waals surface area contributed by atoms with E-state index in [1.807, 2.05) is 0 Å². The quantitative estimate of drug-likeness (QED) is 0.892. The Bertz CT molecular complexity index is 420. The number of halogens is 3. The zero-order chi connectivity index (χ0) is 12.3. The van der Waals surface area contributed by atoms with Gasteiger partial charge >= 0.3 is 0 Å². The van der Waals surface area contributed by atoms with E-state index in [1.165, 1.54) is 10.9 Å². The summed E-state index contributed by atoms with van der Waals surface area (Å²) in [6, 6.07) is -0.130. The van der Waals surface area contributed by atoms with Crippen LogP contribution in [-0.2, 0) is 0 Å². The lowest BCUT2D eigenvalue weighted by Gasteiger charge is -2.11. The lowest BCUT2D eigenvalue weighted by atomic mass is 10.4. The molecule has 0 spiro atoms. The van der Waals surface area contributed by atoms with Crippen LogP contribution in [0.4, 0.5) is 14.5 Å². The first-order chi connectivity index (χ1) is 7.43. The van der Waals surface area contributed by atoms with Crippen molar-refractivity contribution < 1.29 is 8.78 Å². The average Bonchev–Trinajstić information content (AvgIpc) is 2.19. The molecule has 1 rings (SSSR count). The van der Waals surface area contributed by atoms with Crippen LogP contribution in [0.5, 0.6) is 0 Å². The molecule has 4 nitrogen and oxygen atoms in total. The summed E-state index contributed by atoms with van der Waals surface area (Å²) in [7, 11) is 0. The summed E-state index contributed by atoms with van der Waals surface area (Å²) in [6.07, 6.45) is -1.24. The molecule has 1 N–H and O–H groups in total. The summed E-state index contributed by atoms with van der Waals surface area (Å²) in [6.45, 7) is 2.99. The molecule has 0 unspecified atom stereocenters. The average molecular weight is 252 g/mol. The molecule has 7 heteroatoms. The van der Waals surface area contributed by atoms with E-state index in [0.717, 1.165) is 0 Å². The number of hydrogen-bond acceptors (Lipinski definition) is 3. The SMILES string of the molecule is CC(C)n1ncc(NCC(F)F)c(Cl)c1=O. The van der Waals surface area contributed by atoms with Crippen LogP contribution in [0.3, 0.4) is 0 Å². The van der Waals surface area contributed by atoms with Gasteiger partial charge in [0.1, 0.15) is 5.02 Å². The van der Waals surface area contributed by atoms with Gasteiger partial charge in [-0.15, -0.1) is 0 Å². The minimum atomic E-state index is -2.51. The Hall–Kier alpha value is -1.17. The van der Waals surface area contributed by atoms with Gasteiger partial charge in [-0.05, 0) is 13.8 Å². The van der Waals surface area contributed by atoms with Crippen LogP contribution in [0.15, 0.2) is 11.0 Å². The molecule has 1 aromatic rings. The maximum atomic E-state index is 12.0. The van der Waals surface area contributed by atoms with Gasteiger partial charge in [0.2, 0.25) is 0 Å². The Morgan fingerprint density at radius 2 is 2.19 bits per heavy atom. The third-order valence-corrected chi connectivity index (χ3v) is 2.24. The van der Waals surface area contributed by atoms with E-state index in [-0.39, 0.29) is 16.8 Å². The summed E-state index contributed by atoms with van der Waals surface area (Å²) >= 11 is 5.75. The number of anilines is 1. The summed E-state index contributed by atoms with van der Waals surface area (Å²) in [5.74, 6) is 0. The topological polar surface area (TPSA) is 46.9 Å². The zero-order valence-corrected chi connectivity index (χ0v) is 9.63. The fraction of sp³-hybridized carbons (Fsp3) is 0.556. The van der Waals surface area contributed by atoms with E-state index >= 15 is 0 Å². The maximum Gasteiger partial charge on any atom is 0.287 e. The van der Waals surface area contributed by atoms with Crippen molar-refractivity contribution in [2.24, 2.45) is 0 Å². The summed E-state index contributed by atoms with van der Waals surface area (Å²) in [5, 5.41) is 6.07. The van der Waals surface area contributed by atoms with Crippen molar-refractivity contribution in [3.8, 4) is 0 Å². The Morgan fingerprint density at radius 3 is 2.69 bits per heavy atom. The Morgan fingerprint density at radius 1 is 1.56 bits per heavy atom. The highest BCUT2D eigenvalue weighted by atomic mass is 35.5. The Labute approximate surface area is 96.2 Å². The standard InChI is InChI=1S/C9H12ClF2N3O/c1-5(2)15-9(16)8(10)6(3-14-15)13-4-7(11)12/h3,5,7,13H,4H2,1-2H3. The van der Waals surface area contributed by atoms with Crippen LogP contribution in [0.1, 0.15) is 19.9 Å². The number of alkyl halides is 2. The minimum absolute atomic E-state index is 0.121. The van der Waals surface area contributed by atoms with Crippen LogP contribution in [0.2, 0.25) is 5.02 Å². The molecule has 0 bridgehead atoms. The third-order valence-electron chi connectivity index (χ3n) is 1.88. The fourth-order valence-electron chi connectivity index (χ4n) is 1.12. The normalized spacial score (nSPS) is 11.2. The van der Waals surface area contributed by atoms with E-state index in [2.05, 4.69) is 10.4 Å². The van der Waals surface area contributed by atoms with E-state index in [4.69, 9.17) is 11.6 Å². The van der Waals surface area contributed by atoms with Crippen LogP contribution < -0.4 is 10.9 Å². The Kier molecular flexibility index (Phi) is 4.23. The molecule has 0 aliphatic carbocycles. The van der Waals surface area contributed by atoms with Gasteiger partial charge in [0.15, 0.2) is 0 Å². The molecular weight excluding hydrogens is 240 g/mol. The van der Waals surface area contributed by atoms with Crippen LogP contribution >= 0.6 is 11.6 Å². The van der Waals surface area contributed by atoms with Crippen LogP contribution in [0, 0.1) is 0 Å². The van der Waals surface area contributed by atoms with Crippen molar-refractivity contribution in [2.75, 3.05) is 11.9 Å². The van der Waals surface area contributed by atoms with E-state index < -0.39 is 18.5 Å². The number of hydrogen-bond donors (Lipinski definition) is 1.